The average Bonchev–Trinajstić information content (AvgIpc) is 3.23. The van der Waals surface area contributed by atoms with E-state index in [1.165, 1.54) is 0 Å². The minimum Gasteiger partial charge on any atom is -0.337 e. The molecule has 2 heterocycles. The molecule has 1 N–H and O–H groups in total. The fourth-order valence-electron chi connectivity index (χ4n) is 3.24. The van der Waals surface area contributed by atoms with Crippen LogP contribution < -0.4 is 0 Å². The van der Waals surface area contributed by atoms with E-state index in [-0.39, 0.29) is 0 Å². The zero-order chi connectivity index (χ0) is 19.7. The van der Waals surface area contributed by atoms with Gasteiger partial charge in [-0.3, -0.25) is 4.68 Å². The molecule has 138 valence electrons. The number of aromatic amines is 1. The van der Waals surface area contributed by atoms with Crippen molar-refractivity contribution in [3.05, 3.63) is 81.9 Å². The molecule has 0 aliphatic heterocycles. The van der Waals surface area contributed by atoms with Gasteiger partial charge in [-0.1, -0.05) is 41.9 Å². The molecule has 0 saturated carbocycles. The van der Waals surface area contributed by atoms with Gasteiger partial charge >= 0.3 is 0 Å². The maximum Gasteiger partial charge on any atom is 0.149 e. The van der Waals surface area contributed by atoms with Crippen molar-refractivity contribution in [2.45, 2.75) is 20.4 Å². The van der Waals surface area contributed by atoms with Crippen LogP contribution in [0.2, 0.25) is 5.02 Å². The fourth-order valence-corrected chi connectivity index (χ4v) is 3.44. The summed E-state index contributed by atoms with van der Waals surface area (Å²) in [6.07, 6.45) is 1.85. The highest BCUT2D eigenvalue weighted by molar-refractivity contribution is 6.31. The van der Waals surface area contributed by atoms with Crippen molar-refractivity contribution in [3.8, 4) is 6.07 Å². The highest BCUT2D eigenvalue weighted by Gasteiger charge is 2.14. The van der Waals surface area contributed by atoms with Gasteiger partial charge in [0.25, 0.3) is 0 Å². The number of nitriles is 1. The molecule has 2 aromatic heterocycles. The van der Waals surface area contributed by atoms with Crippen molar-refractivity contribution in [2.75, 3.05) is 0 Å². The van der Waals surface area contributed by atoms with Crippen LogP contribution in [0.3, 0.4) is 0 Å². The Hall–Kier alpha value is -3.36. The second kappa shape index (κ2) is 7.34. The summed E-state index contributed by atoms with van der Waals surface area (Å²) in [5.74, 6) is 0.557. The van der Waals surface area contributed by atoms with Gasteiger partial charge in [0.05, 0.1) is 28.8 Å². The predicted octanol–water partition coefficient (Wildman–Crippen LogP) is 5.14. The average molecular weight is 388 g/mol. The second-order valence-electron chi connectivity index (χ2n) is 6.61. The number of nitrogens with one attached hydrogen (secondary N) is 1. The van der Waals surface area contributed by atoms with Crippen molar-refractivity contribution in [2.24, 2.45) is 0 Å². The highest BCUT2D eigenvalue weighted by atomic mass is 35.5. The number of hydrogen-bond acceptors (Lipinski definition) is 3. The van der Waals surface area contributed by atoms with Crippen LogP contribution in [-0.4, -0.2) is 19.7 Å². The number of para-hydroxylation sites is 2. The van der Waals surface area contributed by atoms with Crippen molar-refractivity contribution in [3.63, 3.8) is 0 Å². The Morgan fingerprint density at radius 3 is 2.68 bits per heavy atom. The molecule has 0 atom stereocenters. The van der Waals surface area contributed by atoms with Gasteiger partial charge in [0, 0.05) is 16.3 Å². The molecule has 2 aromatic carbocycles. The first-order valence-electron chi connectivity index (χ1n) is 8.91. The number of aryl methyl sites for hydroxylation is 1. The lowest BCUT2D eigenvalue weighted by Crippen LogP contribution is -2.04. The summed E-state index contributed by atoms with van der Waals surface area (Å²) >= 11 is 6.29. The molecule has 0 aliphatic rings. The monoisotopic (exact) mass is 387 g/mol. The van der Waals surface area contributed by atoms with E-state index in [0.717, 1.165) is 33.5 Å². The number of benzene rings is 2. The molecule has 4 rings (SSSR count). The normalized spacial score (nSPS) is 11.7. The molecule has 6 heteroatoms. The number of aromatic nitrogens is 4. The van der Waals surface area contributed by atoms with Crippen LogP contribution in [0.4, 0.5) is 0 Å². The number of allylic oxidation sites excluding steroid dienone is 1. The van der Waals surface area contributed by atoms with Crippen molar-refractivity contribution < 1.29 is 0 Å². The van der Waals surface area contributed by atoms with E-state index in [9.17, 15) is 5.26 Å². The third-order valence-electron chi connectivity index (χ3n) is 4.77. The first kappa shape index (κ1) is 18.0. The molecule has 5 nitrogen and oxygen atoms in total. The van der Waals surface area contributed by atoms with Crippen LogP contribution in [0.1, 0.15) is 28.3 Å². The Morgan fingerprint density at radius 2 is 1.93 bits per heavy atom. The van der Waals surface area contributed by atoms with Gasteiger partial charge in [-0.2, -0.15) is 10.4 Å². The summed E-state index contributed by atoms with van der Waals surface area (Å²) in [7, 11) is 0. The zero-order valence-corrected chi connectivity index (χ0v) is 16.3. The molecular formula is C22H18ClN5. The third kappa shape index (κ3) is 3.30. The summed E-state index contributed by atoms with van der Waals surface area (Å²) in [5, 5.41) is 15.1. The minimum atomic E-state index is 0.472. The Labute approximate surface area is 167 Å². The minimum absolute atomic E-state index is 0.472. The summed E-state index contributed by atoms with van der Waals surface area (Å²) in [6.45, 7) is 4.51. The van der Waals surface area contributed by atoms with Gasteiger partial charge < -0.3 is 4.98 Å². The predicted molar refractivity (Wildman–Crippen MR) is 112 cm³/mol. The molecule has 0 saturated heterocycles. The van der Waals surface area contributed by atoms with E-state index in [0.29, 0.717) is 23.0 Å². The molecule has 0 amide bonds. The topological polar surface area (TPSA) is 70.3 Å². The molecule has 0 aliphatic carbocycles. The first-order valence-corrected chi connectivity index (χ1v) is 9.29. The summed E-state index contributed by atoms with van der Waals surface area (Å²) < 4.78 is 1.91. The number of fused-ring (bicyclic) bond motifs is 1. The standard InChI is InChI=1S/C22H18ClN5/c1-14-18(15(2)28(27-14)13-16-7-3-4-8-19(16)23)11-17(12-24)22-25-20-9-5-6-10-21(20)26-22/h3-11H,13H2,1-2H3,(H,25,26)/b17-11+. The number of rotatable bonds is 4. The molecule has 4 aromatic rings. The van der Waals surface area contributed by atoms with Crippen molar-refractivity contribution in [1.82, 2.24) is 19.7 Å². The Kier molecular flexibility index (Phi) is 4.72. The lowest BCUT2D eigenvalue weighted by Gasteiger charge is -2.06. The van der Waals surface area contributed by atoms with Crippen LogP contribution in [0.25, 0.3) is 22.7 Å². The summed E-state index contributed by atoms with van der Waals surface area (Å²) in [5.41, 5.74) is 5.96. The van der Waals surface area contributed by atoms with Gasteiger partial charge in [-0.25, -0.2) is 4.98 Å². The van der Waals surface area contributed by atoms with Crippen LogP contribution in [0.5, 0.6) is 0 Å². The fraction of sp³-hybridized carbons (Fsp3) is 0.136. The van der Waals surface area contributed by atoms with Gasteiger partial charge in [0.2, 0.25) is 0 Å². The van der Waals surface area contributed by atoms with Crippen LogP contribution in [-0.2, 0) is 6.54 Å². The van der Waals surface area contributed by atoms with E-state index < -0.39 is 0 Å². The Balaban J connectivity index is 1.73. The van der Waals surface area contributed by atoms with Crippen LogP contribution in [0, 0.1) is 25.2 Å². The van der Waals surface area contributed by atoms with E-state index in [1.807, 2.05) is 73.1 Å². The number of hydrogen-bond donors (Lipinski definition) is 1. The molecule has 0 spiro atoms. The van der Waals surface area contributed by atoms with Gasteiger partial charge in [-0.05, 0) is 43.7 Å². The maximum atomic E-state index is 9.70. The molecule has 0 bridgehead atoms. The molecule has 28 heavy (non-hydrogen) atoms. The van der Waals surface area contributed by atoms with E-state index in [2.05, 4.69) is 21.1 Å². The Bertz CT molecular complexity index is 1210. The summed E-state index contributed by atoms with van der Waals surface area (Å²) in [6, 6.07) is 17.7. The number of halogens is 1. The van der Waals surface area contributed by atoms with E-state index in [1.54, 1.807) is 0 Å². The third-order valence-corrected chi connectivity index (χ3v) is 5.14. The molecule has 0 unspecified atom stereocenters. The van der Waals surface area contributed by atoms with Crippen LogP contribution in [0.15, 0.2) is 48.5 Å². The molecule has 0 fully saturated rings. The highest BCUT2D eigenvalue weighted by Crippen LogP contribution is 2.24. The van der Waals surface area contributed by atoms with Gasteiger partial charge in [0.1, 0.15) is 11.9 Å². The second-order valence-corrected chi connectivity index (χ2v) is 7.01. The number of nitrogens with zero attached hydrogens (tertiary/aromatic N) is 4. The number of imidazole rings is 1. The van der Waals surface area contributed by atoms with Gasteiger partial charge in [0.15, 0.2) is 0 Å². The molecule has 0 radical (unpaired) electrons. The lowest BCUT2D eigenvalue weighted by atomic mass is 10.1. The van der Waals surface area contributed by atoms with Crippen LogP contribution >= 0.6 is 11.6 Å². The lowest BCUT2D eigenvalue weighted by molar-refractivity contribution is 0.659. The van der Waals surface area contributed by atoms with E-state index in [4.69, 9.17) is 11.6 Å². The number of H-pyrrole nitrogens is 1. The van der Waals surface area contributed by atoms with Gasteiger partial charge in [-0.15, -0.1) is 0 Å². The van der Waals surface area contributed by atoms with Crippen molar-refractivity contribution >= 4 is 34.3 Å². The zero-order valence-electron chi connectivity index (χ0n) is 15.6. The quantitative estimate of drug-likeness (QED) is 0.493. The summed E-state index contributed by atoms with van der Waals surface area (Å²) in [4.78, 5) is 7.75. The largest absolute Gasteiger partial charge is 0.337 e. The first-order chi connectivity index (χ1) is 13.6. The maximum absolute atomic E-state index is 9.70. The van der Waals surface area contributed by atoms with E-state index >= 15 is 0 Å². The Morgan fingerprint density at radius 1 is 1.18 bits per heavy atom. The van der Waals surface area contributed by atoms with Crippen molar-refractivity contribution in [1.29, 1.82) is 5.26 Å². The SMILES string of the molecule is Cc1nn(Cc2ccccc2Cl)c(C)c1/C=C(\C#N)c1nc2ccccc2[nH]1. The molecular weight excluding hydrogens is 370 g/mol. The smallest absolute Gasteiger partial charge is 0.149 e.